The van der Waals surface area contributed by atoms with Gasteiger partial charge in [-0.2, -0.15) is 0 Å². The van der Waals surface area contributed by atoms with Gasteiger partial charge in [0.1, 0.15) is 5.02 Å². The lowest BCUT2D eigenvalue weighted by Crippen LogP contribution is -2.37. The van der Waals surface area contributed by atoms with E-state index in [-0.39, 0.29) is 15.8 Å². The van der Waals surface area contributed by atoms with Crippen molar-refractivity contribution in [2.75, 3.05) is 36.5 Å². The molecule has 2 aromatic carbocycles. The average Bonchev–Trinajstić information content (AvgIpc) is 2.74. The number of nitro benzene ring substituents is 1. The summed E-state index contributed by atoms with van der Waals surface area (Å²) in [5, 5.41) is 16.7. The second kappa shape index (κ2) is 10.1. The molecule has 0 radical (unpaired) electrons. The molecule has 1 saturated heterocycles. The monoisotopic (exact) mass is 446 g/mol. The standard InChI is InChI=1S/C20H19ClN4O4S/c21-15-7-5-14(13-18(15)25(27)28)6-8-19(26)23-20(30)22-16-3-1-2-4-17(16)24-9-11-29-12-10-24/h1-8,13H,9-12H2,(H2,22,23,26,30). The van der Waals surface area contributed by atoms with Gasteiger partial charge in [-0.25, -0.2) is 0 Å². The Kier molecular flexibility index (Phi) is 7.34. The number of nitro groups is 1. The number of benzene rings is 2. The largest absolute Gasteiger partial charge is 0.378 e. The summed E-state index contributed by atoms with van der Waals surface area (Å²) in [5.41, 5.74) is 2.00. The molecule has 30 heavy (non-hydrogen) atoms. The zero-order valence-corrected chi connectivity index (χ0v) is 17.4. The Morgan fingerprint density at radius 1 is 1.23 bits per heavy atom. The third-order valence-corrected chi connectivity index (χ3v) is 4.86. The Labute approximate surface area is 183 Å². The second-order valence-corrected chi connectivity index (χ2v) is 7.18. The first-order valence-electron chi connectivity index (χ1n) is 9.10. The molecular formula is C20H19ClN4O4S. The SMILES string of the molecule is O=C(C=Cc1ccc(Cl)c([N+](=O)[O-])c1)NC(=S)Nc1ccccc1N1CCOCC1. The molecule has 0 unspecified atom stereocenters. The molecule has 0 spiro atoms. The van der Waals surface area contributed by atoms with Gasteiger partial charge in [-0.05, 0) is 42.1 Å². The first-order chi connectivity index (χ1) is 14.4. The van der Waals surface area contributed by atoms with Gasteiger partial charge in [0.15, 0.2) is 5.11 Å². The van der Waals surface area contributed by atoms with Gasteiger partial charge in [0.2, 0.25) is 5.91 Å². The summed E-state index contributed by atoms with van der Waals surface area (Å²) in [4.78, 5) is 24.7. The number of halogens is 1. The maximum absolute atomic E-state index is 12.2. The van der Waals surface area contributed by atoms with Crippen molar-refractivity contribution in [3.63, 3.8) is 0 Å². The Balaban J connectivity index is 1.62. The minimum absolute atomic E-state index is 0.0333. The van der Waals surface area contributed by atoms with Gasteiger partial charge in [0, 0.05) is 25.2 Å². The molecular weight excluding hydrogens is 428 g/mol. The number of para-hydroxylation sites is 2. The highest BCUT2D eigenvalue weighted by Gasteiger charge is 2.15. The Hall–Kier alpha value is -3.01. The summed E-state index contributed by atoms with van der Waals surface area (Å²) >= 11 is 11.0. The molecule has 156 valence electrons. The highest BCUT2D eigenvalue weighted by atomic mass is 35.5. The van der Waals surface area contributed by atoms with Gasteiger partial charge in [0.25, 0.3) is 5.69 Å². The van der Waals surface area contributed by atoms with Crippen molar-refractivity contribution in [2.45, 2.75) is 0 Å². The van der Waals surface area contributed by atoms with Crippen LogP contribution in [0.25, 0.3) is 6.08 Å². The predicted octanol–water partition coefficient (Wildman–Crippen LogP) is 3.61. The van der Waals surface area contributed by atoms with E-state index in [0.717, 1.165) is 24.5 Å². The highest BCUT2D eigenvalue weighted by Crippen LogP contribution is 2.27. The van der Waals surface area contributed by atoms with Gasteiger partial charge in [-0.3, -0.25) is 20.2 Å². The summed E-state index contributed by atoms with van der Waals surface area (Å²) in [6, 6.07) is 12.0. The van der Waals surface area contributed by atoms with Crippen molar-refractivity contribution in [3.05, 3.63) is 69.2 Å². The highest BCUT2D eigenvalue weighted by molar-refractivity contribution is 7.80. The van der Waals surface area contributed by atoms with E-state index in [0.29, 0.717) is 18.8 Å². The van der Waals surface area contributed by atoms with Crippen LogP contribution in [0.5, 0.6) is 0 Å². The number of rotatable bonds is 5. The normalized spacial score (nSPS) is 13.8. The number of nitrogens with zero attached hydrogens (tertiary/aromatic N) is 2. The molecule has 2 N–H and O–H groups in total. The molecule has 8 nitrogen and oxygen atoms in total. The van der Waals surface area contributed by atoms with Crippen LogP contribution in [0.3, 0.4) is 0 Å². The fraction of sp³-hybridized carbons (Fsp3) is 0.200. The molecule has 3 rings (SSSR count). The van der Waals surface area contributed by atoms with Crippen LogP contribution in [-0.2, 0) is 9.53 Å². The number of carbonyl (C=O) groups excluding carboxylic acids is 1. The van der Waals surface area contributed by atoms with E-state index in [1.165, 1.54) is 24.3 Å². The first kappa shape index (κ1) is 21.7. The van der Waals surface area contributed by atoms with Crippen LogP contribution in [0.2, 0.25) is 5.02 Å². The first-order valence-corrected chi connectivity index (χ1v) is 9.88. The fourth-order valence-electron chi connectivity index (χ4n) is 2.91. The van der Waals surface area contributed by atoms with E-state index in [1.54, 1.807) is 6.07 Å². The quantitative estimate of drug-likeness (QED) is 0.313. The van der Waals surface area contributed by atoms with Crippen LogP contribution >= 0.6 is 23.8 Å². The van der Waals surface area contributed by atoms with Gasteiger partial charge in [0.05, 0.1) is 29.5 Å². The van der Waals surface area contributed by atoms with Crippen molar-refractivity contribution < 1.29 is 14.5 Å². The Bertz CT molecular complexity index is 993. The van der Waals surface area contributed by atoms with Gasteiger partial charge in [-0.15, -0.1) is 0 Å². The average molecular weight is 447 g/mol. The number of hydrogen-bond acceptors (Lipinski definition) is 6. The van der Waals surface area contributed by atoms with E-state index in [9.17, 15) is 14.9 Å². The van der Waals surface area contributed by atoms with Gasteiger partial charge in [-0.1, -0.05) is 29.8 Å². The smallest absolute Gasteiger partial charge is 0.288 e. The minimum atomic E-state index is -0.579. The second-order valence-electron chi connectivity index (χ2n) is 6.36. The molecule has 2 aromatic rings. The lowest BCUT2D eigenvalue weighted by molar-refractivity contribution is -0.384. The number of thiocarbonyl (C=S) groups is 1. The molecule has 1 amide bonds. The number of anilines is 2. The van der Waals surface area contributed by atoms with Crippen LogP contribution < -0.4 is 15.5 Å². The summed E-state index contributed by atoms with van der Waals surface area (Å²) in [6.07, 6.45) is 2.69. The van der Waals surface area contributed by atoms with Crippen molar-refractivity contribution in [3.8, 4) is 0 Å². The molecule has 10 heteroatoms. The lowest BCUT2D eigenvalue weighted by atomic mass is 10.2. The molecule has 0 aliphatic carbocycles. The summed E-state index contributed by atoms with van der Waals surface area (Å²) < 4.78 is 5.39. The summed E-state index contributed by atoms with van der Waals surface area (Å²) in [7, 11) is 0. The number of hydrogen-bond donors (Lipinski definition) is 2. The van der Waals surface area contributed by atoms with E-state index in [1.807, 2.05) is 24.3 Å². The van der Waals surface area contributed by atoms with Crippen LogP contribution in [0, 0.1) is 10.1 Å². The van der Waals surface area contributed by atoms with Crippen molar-refractivity contribution in [1.29, 1.82) is 0 Å². The zero-order valence-electron chi connectivity index (χ0n) is 15.8. The van der Waals surface area contributed by atoms with E-state index < -0.39 is 10.8 Å². The van der Waals surface area contributed by atoms with Gasteiger partial charge >= 0.3 is 0 Å². The Morgan fingerprint density at radius 3 is 2.70 bits per heavy atom. The summed E-state index contributed by atoms with van der Waals surface area (Å²) in [6.45, 7) is 2.86. The summed E-state index contributed by atoms with van der Waals surface area (Å²) in [5.74, 6) is -0.464. The number of carbonyl (C=O) groups is 1. The molecule has 1 fully saturated rings. The van der Waals surface area contributed by atoms with Crippen LogP contribution in [0.1, 0.15) is 5.56 Å². The molecule has 1 aliphatic heterocycles. The van der Waals surface area contributed by atoms with Crippen molar-refractivity contribution in [1.82, 2.24) is 5.32 Å². The minimum Gasteiger partial charge on any atom is -0.378 e. The van der Waals surface area contributed by atoms with Crippen LogP contribution in [-0.4, -0.2) is 42.2 Å². The fourth-order valence-corrected chi connectivity index (χ4v) is 3.31. The van der Waals surface area contributed by atoms with Crippen molar-refractivity contribution in [2.24, 2.45) is 0 Å². The van der Waals surface area contributed by atoms with E-state index in [4.69, 9.17) is 28.6 Å². The maximum Gasteiger partial charge on any atom is 0.288 e. The number of ether oxygens (including phenoxy) is 1. The molecule has 1 heterocycles. The third-order valence-electron chi connectivity index (χ3n) is 4.33. The number of morpholine rings is 1. The molecule has 0 saturated carbocycles. The molecule has 1 aliphatic rings. The maximum atomic E-state index is 12.2. The predicted molar refractivity (Wildman–Crippen MR) is 121 cm³/mol. The molecule has 0 aromatic heterocycles. The molecule has 0 atom stereocenters. The third kappa shape index (κ3) is 5.76. The van der Waals surface area contributed by atoms with E-state index in [2.05, 4.69) is 15.5 Å². The Morgan fingerprint density at radius 2 is 1.97 bits per heavy atom. The van der Waals surface area contributed by atoms with Gasteiger partial charge < -0.3 is 15.0 Å². The number of amides is 1. The number of nitrogens with one attached hydrogen (secondary N) is 2. The topological polar surface area (TPSA) is 96.7 Å². The zero-order chi connectivity index (χ0) is 21.5. The van der Waals surface area contributed by atoms with Crippen molar-refractivity contribution >= 4 is 58.0 Å². The van der Waals surface area contributed by atoms with E-state index >= 15 is 0 Å². The van der Waals surface area contributed by atoms with Crippen LogP contribution in [0.15, 0.2) is 48.5 Å². The molecule has 0 bridgehead atoms. The van der Waals surface area contributed by atoms with Crippen LogP contribution in [0.4, 0.5) is 17.1 Å². The lowest BCUT2D eigenvalue weighted by Gasteiger charge is -2.30.